The van der Waals surface area contributed by atoms with Crippen LogP contribution >= 0.6 is 0 Å². The molecule has 6 nitrogen and oxygen atoms in total. The lowest BCUT2D eigenvalue weighted by atomic mass is 9.87. The molecule has 5 rings (SSSR count). The molecule has 0 saturated heterocycles. The Balaban J connectivity index is 1.24. The number of aryl methyl sites for hydroxylation is 1. The molecule has 2 heterocycles. The quantitative estimate of drug-likeness (QED) is 0.496. The van der Waals surface area contributed by atoms with Gasteiger partial charge in [0.1, 0.15) is 12.4 Å². The Bertz CT molecular complexity index is 1160. The van der Waals surface area contributed by atoms with Crippen molar-refractivity contribution in [2.24, 2.45) is 5.73 Å². The molecule has 1 aliphatic rings. The van der Waals surface area contributed by atoms with Gasteiger partial charge in [-0.1, -0.05) is 23.4 Å². The normalized spacial score (nSPS) is 15.5. The molecule has 2 aromatic heterocycles. The zero-order valence-corrected chi connectivity index (χ0v) is 17.2. The number of hydrogen-bond donors (Lipinski definition) is 1. The Morgan fingerprint density at radius 1 is 1.00 bits per heavy atom. The van der Waals surface area contributed by atoms with Gasteiger partial charge in [0.15, 0.2) is 5.82 Å². The second kappa shape index (κ2) is 8.70. The number of nitrogens with two attached hydrogens (primary N) is 1. The first-order valence-electron chi connectivity index (χ1n) is 10.6. The summed E-state index contributed by atoms with van der Waals surface area (Å²) in [7, 11) is 0. The van der Waals surface area contributed by atoms with Crippen molar-refractivity contribution in [2.75, 3.05) is 0 Å². The van der Waals surface area contributed by atoms with Gasteiger partial charge in [0.05, 0.1) is 0 Å². The van der Waals surface area contributed by atoms with E-state index >= 15 is 0 Å². The van der Waals surface area contributed by atoms with Crippen LogP contribution in [0.25, 0.3) is 11.5 Å². The first-order valence-corrected chi connectivity index (χ1v) is 10.6. The van der Waals surface area contributed by atoms with Gasteiger partial charge >= 0.3 is 0 Å². The van der Waals surface area contributed by atoms with Crippen LogP contribution in [0.3, 0.4) is 0 Å². The fourth-order valence-electron chi connectivity index (χ4n) is 3.94. The van der Waals surface area contributed by atoms with Gasteiger partial charge in [0.2, 0.25) is 0 Å². The van der Waals surface area contributed by atoms with E-state index < -0.39 is 0 Å². The third-order valence-corrected chi connectivity index (χ3v) is 5.66. The van der Waals surface area contributed by atoms with Crippen molar-refractivity contribution < 1.29 is 9.26 Å². The van der Waals surface area contributed by atoms with Crippen molar-refractivity contribution in [2.45, 2.75) is 38.3 Å². The van der Waals surface area contributed by atoms with Gasteiger partial charge in [-0.25, -0.2) is 0 Å². The summed E-state index contributed by atoms with van der Waals surface area (Å²) < 4.78 is 11.4. The van der Waals surface area contributed by atoms with E-state index in [4.69, 9.17) is 15.0 Å². The summed E-state index contributed by atoms with van der Waals surface area (Å²) >= 11 is 0. The Morgan fingerprint density at radius 2 is 1.84 bits per heavy atom. The molecule has 0 radical (unpaired) electrons. The molecule has 1 aliphatic carbocycles. The molecule has 0 bridgehead atoms. The molecule has 2 N–H and O–H groups in total. The van der Waals surface area contributed by atoms with Gasteiger partial charge in [-0.3, -0.25) is 4.98 Å². The second-order valence-corrected chi connectivity index (χ2v) is 7.89. The maximum atomic E-state index is 6.29. The molecule has 2 aromatic carbocycles. The lowest BCUT2D eigenvalue weighted by Crippen LogP contribution is -2.17. The van der Waals surface area contributed by atoms with E-state index in [0.29, 0.717) is 24.7 Å². The van der Waals surface area contributed by atoms with E-state index in [1.807, 2.05) is 42.5 Å². The summed E-state index contributed by atoms with van der Waals surface area (Å²) in [6, 6.07) is 18.2. The van der Waals surface area contributed by atoms with Crippen LogP contribution in [-0.4, -0.2) is 15.1 Å². The first-order chi connectivity index (χ1) is 15.2. The standard InChI is InChI=1S/C25H24N4O2/c26-23-3-1-2-19-6-7-20(15-22(19)23)25-28-24(29-31-25)14-17-4-8-21(9-5-17)30-16-18-10-12-27-13-11-18/h4-13,15,23H,1-3,14,16,26H2. The maximum Gasteiger partial charge on any atom is 0.257 e. The van der Waals surface area contributed by atoms with Crippen molar-refractivity contribution in [1.29, 1.82) is 0 Å². The molecule has 31 heavy (non-hydrogen) atoms. The number of nitrogens with zero attached hydrogens (tertiary/aromatic N) is 3. The number of pyridine rings is 1. The van der Waals surface area contributed by atoms with Crippen LogP contribution in [0.1, 0.15) is 47.0 Å². The molecule has 0 amide bonds. The molecule has 1 unspecified atom stereocenters. The average Bonchev–Trinajstić information content (AvgIpc) is 3.28. The smallest absolute Gasteiger partial charge is 0.257 e. The van der Waals surface area contributed by atoms with Crippen molar-refractivity contribution in [3.63, 3.8) is 0 Å². The van der Waals surface area contributed by atoms with Crippen molar-refractivity contribution in [3.05, 3.63) is 95.1 Å². The average molecular weight is 412 g/mol. The van der Waals surface area contributed by atoms with Crippen LogP contribution in [0.4, 0.5) is 0 Å². The summed E-state index contributed by atoms with van der Waals surface area (Å²) in [5, 5.41) is 4.16. The SMILES string of the molecule is NC1CCCc2ccc(-c3nc(Cc4ccc(OCc5ccncc5)cc4)no3)cc21. The minimum atomic E-state index is 0.0883. The number of rotatable bonds is 6. The fraction of sp³-hybridized carbons (Fsp3) is 0.240. The van der Waals surface area contributed by atoms with Gasteiger partial charge in [-0.2, -0.15) is 4.98 Å². The molecule has 1 atom stereocenters. The Labute approximate surface area is 181 Å². The molecule has 0 fully saturated rings. The van der Waals surface area contributed by atoms with Crippen LogP contribution < -0.4 is 10.5 Å². The lowest BCUT2D eigenvalue weighted by molar-refractivity contribution is 0.306. The summed E-state index contributed by atoms with van der Waals surface area (Å²) in [5.74, 6) is 2.01. The molecule has 6 heteroatoms. The van der Waals surface area contributed by atoms with Crippen LogP contribution in [0.5, 0.6) is 5.75 Å². The van der Waals surface area contributed by atoms with Crippen LogP contribution in [-0.2, 0) is 19.4 Å². The highest BCUT2D eigenvalue weighted by Crippen LogP contribution is 2.31. The van der Waals surface area contributed by atoms with Gasteiger partial charge in [-0.15, -0.1) is 0 Å². The Morgan fingerprint density at radius 3 is 2.68 bits per heavy atom. The zero-order valence-electron chi connectivity index (χ0n) is 17.2. The summed E-state index contributed by atoms with van der Waals surface area (Å²) in [6.07, 6.45) is 7.37. The largest absolute Gasteiger partial charge is 0.489 e. The van der Waals surface area contributed by atoms with Crippen molar-refractivity contribution in [3.8, 4) is 17.2 Å². The van der Waals surface area contributed by atoms with Crippen LogP contribution in [0, 0.1) is 0 Å². The summed E-state index contributed by atoms with van der Waals surface area (Å²) in [6.45, 7) is 0.514. The van der Waals surface area contributed by atoms with E-state index in [1.165, 1.54) is 11.1 Å². The molecular formula is C25H24N4O2. The topological polar surface area (TPSA) is 87.1 Å². The highest BCUT2D eigenvalue weighted by atomic mass is 16.5. The number of hydrogen-bond acceptors (Lipinski definition) is 6. The lowest BCUT2D eigenvalue weighted by Gasteiger charge is -2.22. The fourth-order valence-corrected chi connectivity index (χ4v) is 3.94. The molecule has 0 saturated carbocycles. The molecule has 156 valence electrons. The van der Waals surface area contributed by atoms with Crippen LogP contribution in [0.15, 0.2) is 71.5 Å². The predicted molar refractivity (Wildman–Crippen MR) is 117 cm³/mol. The third kappa shape index (κ3) is 4.49. The van der Waals surface area contributed by atoms with Gasteiger partial charge in [-0.05, 0) is 77.9 Å². The summed E-state index contributed by atoms with van der Waals surface area (Å²) in [4.78, 5) is 8.61. The molecule has 0 spiro atoms. The van der Waals surface area contributed by atoms with Crippen LogP contribution in [0.2, 0.25) is 0 Å². The maximum absolute atomic E-state index is 6.29. The van der Waals surface area contributed by atoms with E-state index in [9.17, 15) is 0 Å². The number of fused-ring (bicyclic) bond motifs is 1. The molecule has 4 aromatic rings. The Kier molecular flexibility index (Phi) is 5.46. The van der Waals surface area contributed by atoms with E-state index in [0.717, 1.165) is 41.7 Å². The monoisotopic (exact) mass is 412 g/mol. The molecular weight excluding hydrogens is 388 g/mol. The van der Waals surface area contributed by atoms with Gasteiger partial charge in [0, 0.05) is 30.4 Å². The highest BCUT2D eigenvalue weighted by molar-refractivity contribution is 5.56. The minimum absolute atomic E-state index is 0.0883. The number of benzene rings is 2. The zero-order chi connectivity index (χ0) is 21.0. The minimum Gasteiger partial charge on any atom is -0.489 e. The number of ether oxygens (including phenoxy) is 1. The van der Waals surface area contributed by atoms with Gasteiger partial charge < -0.3 is 15.0 Å². The third-order valence-electron chi connectivity index (χ3n) is 5.66. The van der Waals surface area contributed by atoms with E-state index in [1.54, 1.807) is 12.4 Å². The number of aromatic nitrogens is 3. The van der Waals surface area contributed by atoms with Crippen molar-refractivity contribution >= 4 is 0 Å². The van der Waals surface area contributed by atoms with Crippen molar-refractivity contribution in [1.82, 2.24) is 15.1 Å². The predicted octanol–water partition coefficient (Wildman–Crippen LogP) is 4.64. The Hall–Kier alpha value is -3.51. The summed E-state index contributed by atoms with van der Waals surface area (Å²) in [5.41, 5.74) is 11.9. The first kappa shape index (κ1) is 19.5. The molecule has 0 aliphatic heterocycles. The van der Waals surface area contributed by atoms with E-state index in [2.05, 4.69) is 27.3 Å². The highest BCUT2D eigenvalue weighted by Gasteiger charge is 2.19. The van der Waals surface area contributed by atoms with Gasteiger partial charge in [0.25, 0.3) is 5.89 Å². The van der Waals surface area contributed by atoms with E-state index in [-0.39, 0.29) is 6.04 Å². The second-order valence-electron chi connectivity index (χ2n) is 7.89.